The van der Waals surface area contributed by atoms with Crippen LogP contribution in [-0.4, -0.2) is 6.61 Å². The Labute approximate surface area is 84.7 Å². The summed E-state index contributed by atoms with van der Waals surface area (Å²) in [5.74, 6) is 6.23. The Morgan fingerprint density at radius 3 is 2.71 bits per heavy atom. The van der Waals surface area contributed by atoms with Crippen molar-refractivity contribution >= 4 is 0 Å². The Hall–Kier alpha value is -1.94. The molecule has 0 saturated carbocycles. The van der Waals surface area contributed by atoms with E-state index < -0.39 is 0 Å². The zero-order valence-electron chi connectivity index (χ0n) is 7.99. The molecule has 14 heavy (non-hydrogen) atoms. The third-order valence-corrected chi connectivity index (χ3v) is 1.50. The molecular weight excluding hydrogens is 172 g/mol. The van der Waals surface area contributed by atoms with Crippen LogP contribution in [0.5, 0.6) is 0 Å². The molecule has 1 heteroatoms. The van der Waals surface area contributed by atoms with Gasteiger partial charge in [0.1, 0.15) is 6.61 Å². The van der Waals surface area contributed by atoms with Crippen LogP contribution < -0.4 is 0 Å². The molecule has 0 fully saturated rings. The van der Waals surface area contributed by atoms with Gasteiger partial charge in [-0.1, -0.05) is 36.8 Å². The smallest absolute Gasteiger partial charge is 0.163 e. The molecule has 0 aromatic heterocycles. The quantitative estimate of drug-likeness (QED) is 0.399. The molecule has 0 aliphatic carbocycles. The summed E-state index contributed by atoms with van der Waals surface area (Å²) in [5.41, 5.74) is 0.954. The first-order valence-electron chi connectivity index (χ1n) is 4.32. The normalized spacial score (nSPS) is 8.29. The number of benzene rings is 1. The molecule has 70 valence electrons. The Morgan fingerprint density at radius 2 is 2.07 bits per heavy atom. The van der Waals surface area contributed by atoms with Crippen LogP contribution in [0.1, 0.15) is 5.56 Å². The zero-order chi connectivity index (χ0) is 10.2. The van der Waals surface area contributed by atoms with E-state index in [-0.39, 0.29) is 0 Å². The van der Waals surface area contributed by atoms with E-state index in [0.717, 1.165) is 5.56 Å². The summed E-state index contributed by atoms with van der Waals surface area (Å²) in [6, 6.07) is 9.71. The van der Waals surface area contributed by atoms with Crippen molar-refractivity contribution in [2.75, 3.05) is 6.61 Å². The van der Waals surface area contributed by atoms with Gasteiger partial charge in [0.15, 0.2) is 5.76 Å². The minimum Gasteiger partial charge on any atom is -0.482 e. The van der Waals surface area contributed by atoms with Crippen molar-refractivity contribution in [3.05, 3.63) is 60.9 Å². The molecule has 0 bridgehead atoms. The molecule has 0 N–H and O–H groups in total. The molecular formula is C13H12O. The van der Waals surface area contributed by atoms with Gasteiger partial charge in [-0.05, 0) is 24.6 Å². The van der Waals surface area contributed by atoms with Crippen molar-refractivity contribution in [1.82, 2.24) is 0 Å². The Bertz CT molecular complexity index is 365. The summed E-state index contributed by atoms with van der Waals surface area (Å²) in [4.78, 5) is 0. The lowest BCUT2D eigenvalue weighted by Crippen LogP contribution is -1.87. The lowest BCUT2D eigenvalue weighted by molar-refractivity contribution is 0.267. The Balaban J connectivity index is 2.55. The molecule has 0 saturated heterocycles. The summed E-state index contributed by atoms with van der Waals surface area (Å²) in [6.07, 6.45) is 1.66. The second-order valence-corrected chi connectivity index (χ2v) is 2.64. The summed E-state index contributed by atoms with van der Waals surface area (Å²) in [6.45, 7) is 7.65. The zero-order valence-corrected chi connectivity index (χ0v) is 7.99. The van der Waals surface area contributed by atoms with Crippen molar-refractivity contribution < 1.29 is 4.74 Å². The van der Waals surface area contributed by atoms with Crippen molar-refractivity contribution in [3.63, 3.8) is 0 Å². The number of hydrogen-bond donors (Lipinski definition) is 0. The third-order valence-electron chi connectivity index (χ3n) is 1.50. The standard InChI is InChI=1S/C13H12O/c1-3-11-14-12(2)9-10-13-7-5-4-6-8-13/h3-8H,1-2,11H2. The summed E-state index contributed by atoms with van der Waals surface area (Å²) < 4.78 is 5.13. The van der Waals surface area contributed by atoms with E-state index in [0.29, 0.717) is 12.4 Å². The maximum atomic E-state index is 5.13. The van der Waals surface area contributed by atoms with Gasteiger partial charge in [-0.3, -0.25) is 0 Å². The predicted molar refractivity (Wildman–Crippen MR) is 58.6 cm³/mol. The Kier molecular flexibility index (Phi) is 4.10. The highest BCUT2D eigenvalue weighted by Crippen LogP contribution is 1.97. The van der Waals surface area contributed by atoms with Crippen LogP contribution >= 0.6 is 0 Å². The van der Waals surface area contributed by atoms with E-state index in [4.69, 9.17) is 4.74 Å². The summed E-state index contributed by atoms with van der Waals surface area (Å²) in [7, 11) is 0. The number of hydrogen-bond acceptors (Lipinski definition) is 1. The van der Waals surface area contributed by atoms with Crippen molar-refractivity contribution in [2.24, 2.45) is 0 Å². The van der Waals surface area contributed by atoms with Gasteiger partial charge >= 0.3 is 0 Å². The molecule has 1 rings (SSSR count). The fourth-order valence-corrected chi connectivity index (χ4v) is 0.859. The van der Waals surface area contributed by atoms with E-state index in [1.54, 1.807) is 6.08 Å². The van der Waals surface area contributed by atoms with E-state index in [1.165, 1.54) is 0 Å². The number of ether oxygens (including phenoxy) is 1. The van der Waals surface area contributed by atoms with Gasteiger partial charge in [0.25, 0.3) is 0 Å². The highest BCUT2D eigenvalue weighted by Gasteiger charge is 1.85. The summed E-state index contributed by atoms with van der Waals surface area (Å²) in [5, 5.41) is 0. The van der Waals surface area contributed by atoms with E-state index in [9.17, 15) is 0 Å². The second kappa shape index (κ2) is 5.66. The Morgan fingerprint density at radius 1 is 1.36 bits per heavy atom. The minimum atomic E-state index is 0.447. The number of rotatable bonds is 3. The van der Waals surface area contributed by atoms with Crippen LogP contribution in [0, 0.1) is 11.8 Å². The van der Waals surface area contributed by atoms with E-state index in [2.05, 4.69) is 25.0 Å². The van der Waals surface area contributed by atoms with Gasteiger partial charge in [-0.15, -0.1) is 0 Å². The van der Waals surface area contributed by atoms with Gasteiger partial charge in [0.05, 0.1) is 0 Å². The molecule has 1 aromatic carbocycles. The van der Waals surface area contributed by atoms with E-state index in [1.807, 2.05) is 30.3 Å². The molecule has 1 nitrogen and oxygen atoms in total. The first-order chi connectivity index (χ1) is 6.83. The minimum absolute atomic E-state index is 0.447. The van der Waals surface area contributed by atoms with Crippen LogP contribution in [0.4, 0.5) is 0 Å². The van der Waals surface area contributed by atoms with Gasteiger partial charge in [0, 0.05) is 5.56 Å². The predicted octanol–water partition coefficient (Wildman–Crippen LogP) is 2.75. The molecule has 0 amide bonds. The first-order valence-corrected chi connectivity index (χ1v) is 4.32. The monoisotopic (exact) mass is 184 g/mol. The van der Waals surface area contributed by atoms with Gasteiger partial charge in [-0.2, -0.15) is 0 Å². The summed E-state index contributed by atoms with van der Waals surface area (Å²) >= 11 is 0. The van der Waals surface area contributed by atoms with Crippen LogP contribution in [0.3, 0.4) is 0 Å². The largest absolute Gasteiger partial charge is 0.482 e. The molecule has 1 aromatic rings. The maximum Gasteiger partial charge on any atom is 0.163 e. The van der Waals surface area contributed by atoms with Crippen molar-refractivity contribution in [1.29, 1.82) is 0 Å². The highest BCUT2D eigenvalue weighted by atomic mass is 16.5. The molecule has 0 unspecified atom stereocenters. The van der Waals surface area contributed by atoms with Gasteiger partial charge in [-0.25, -0.2) is 0 Å². The topological polar surface area (TPSA) is 9.23 Å². The van der Waals surface area contributed by atoms with Crippen molar-refractivity contribution in [2.45, 2.75) is 0 Å². The first kappa shape index (κ1) is 10.1. The lowest BCUT2D eigenvalue weighted by Gasteiger charge is -1.97. The third kappa shape index (κ3) is 3.64. The van der Waals surface area contributed by atoms with Gasteiger partial charge < -0.3 is 4.74 Å². The van der Waals surface area contributed by atoms with Crippen LogP contribution in [-0.2, 0) is 4.74 Å². The van der Waals surface area contributed by atoms with Crippen LogP contribution in [0.15, 0.2) is 55.3 Å². The highest BCUT2D eigenvalue weighted by molar-refractivity contribution is 5.37. The molecule has 0 spiro atoms. The maximum absolute atomic E-state index is 5.13. The molecule has 0 aliphatic rings. The van der Waals surface area contributed by atoms with Gasteiger partial charge in [0.2, 0.25) is 0 Å². The van der Waals surface area contributed by atoms with Crippen molar-refractivity contribution in [3.8, 4) is 11.8 Å². The fraction of sp³-hybridized carbons (Fsp3) is 0.0769. The number of allylic oxidation sites excluding steroid dienone is 1. The van der Waals surface area contributed by atoms with Crippen LogP contribution in [0.2, 0.25) is 0 Å². The molecule has 0 atom stereocenters. The lowest BCUT2D eigenvalue weighted by atomic mass is 10.2. The fourth-order valence-electron chi connectivity index (χ4n) is 0.859. The molecule has 0 aliphatic heterocycles. The van der Waals surface area contributed by atoms with Crippen LogP contribution in [0.25, 0.3) is 0 Å². The average Bonchev–Trinajstić information content (AvgIpc) is 2.25. The second-order valence-electron chi connectivity index (χ2n) is 2.64. The average molecular weight is 184 g/mol. The molecule has 0 radical (unpaired) electrons. The van der Waals surface area contributed by atoms with E-state index >= 15 is 0 Å². The SMILES string of the molecule is C=CCOC(=C)C#Cc1ccccc1. The molecule has 0 heterocycles.